The summed E-state index contributed by atoms with van der Waals surface area (Å²) in [5.74, 6) is 0.831. The topological polar surface area (TPSA) is 202 Å². The monoisotopic (exact) mass is 908 g/mol. The number of Topliss-reactive ketones (excluding diaryl/α,β-unsaturated/α-hetero) is 1. The zero-order chi connectivity index (χ0) is 44.9. The summed E-state index contributed by atoms with van der Waals surface area (Å²) in [6, 6.07) is 9.98. The van der Waals surface area contributed by atoms with Gasteiger partial charge in [-0.2, -0.15) is 0 Å². The van der Waals surface area contributed by atoms with Crippen molar-refractivity contribution >= 4 is 64.9 Å². The molecular weight excluding hydrogens is 852 g/mol. The van der Waals surface area contributed by atoms with E-state index in [0.29, 0.717) is 72.6 Å². The van der Waals surface area contributed by atoms with Crippen LogP contribution in [-0.2, 0) is 45.1 Å². The number of methoxy groups -OCH3 is 1. The van der Waals surface area contributed by atoms with Crippen molar-refractivity contribution in [3.63, 3.8) is 0 Å². The summed E-state index contributed by atoms with van der Waals surface area (Å²) in [5, 5.41) is 13.8. The summed E-state index contributed by atoms with van der Waals surface area (Å²) >= 11 is 0. The molecule has 2 N–H and O–H groups in total. The number of likely N-dealkylation sites (N-methyl/N-ethyl adjacent to an activating group) is 1. The molecule has 2 fully saturated rings. The summed E-state index contributed by atoms with van der Waals surface area (Å²) in [7, 11) is 3.39. The minimum absolute atomic E-state index is 0. The number of nitrogens with one attached hydrogen (secondary N) is 2. The standard InChI is InChI=1S/C47H56N10O7.ClH/c1-4-36-47(63)54(2)38-26-48-41(50-44(38)57(36)32-12-8-9-13-32)25-30-18-17-29(24-40(30)64-3)39(58)21-19-31-27-55(53-52-31)23-10-6-5-7-16-42(59)49-35-15-11-14-33-34(35)28-56(46(33)62)37-20-22-43(60)51-45(37)61;/h11,14-15,17-18,24,26-27,32,36-37H,4-10,12-13,16,19-23,25,28H2,1-3H3,(H,49,59)(H,51,60,61);1H/t36-,37?;/m1./s1. The van der Waals surface area contributed by atoms with Crippen molar-refractivity contribution in [2.75, 3.05) is 29.3 Å². The lowest BCUT2D eigenvalue weighted by Gasteiger charge is -2.43. The molecule has 8 rings (SSSR count). The lowest BCUT2D eigenvalue weighted by atomic mass is 10.0. The molecule has 0 spiro atoms. The molecule has 17 nitrogen and oxygen atoms in total. The lowest BCUT2D eigenvalue weighted by Crippen LogP contribution is -2.55. The molecule has 344 valence electrons. The molecule has 4 aromatic rings. The number of amides is 5. The van der Waals surface area contributed by atoms with Crippen molar-refractivity contribution in [2.45, 2.75) is 134 Å². The molecule has 0 bridgehead atoms. The van der Waals surface area contributed by atoms with E-state index in [2.05, 4.69) is 37.8 Å². The molecule has 2 aromatic heterocycles. The molecule has 3 aliphatic heterocycles. The summed E-state index contributed by atoms with van der Waals surface area (Å²) in [4.78, 5) is 91.7. The first-order chi connectivity index (χ1) is 31.0. The molecule has 5 heterocycles. The van der Waals surface area contributed by atoms with Gasteiger partial charge in [0, 0.05) is 92.4 Å². The third-order valence-electron chi connectivity index (χ3n) is 13.0. The van der Waals surface area contributed by atoms with E-state index in [1.165, 1.54) is 4.90 Å². The number of ketones is 1. The number of anilines is 3. The molecular formula is C47H57ClN10O7. The molecule has 2 aromatic carbocycles. The van der Waals surface area contributed by atoms with Crippen molar-refractivity contribution < 1.29 is 33.5 Å². The van der Waals surface area contributed by atoms with Crippen LogP contribution in [-0.4, -0.2) is 97.5 Å². The fraction of sp³-hybridized carbons (Fsp3) is 0.489. The molecule has 1 saturated heterocycles. The number of carbonyl (C=O) groups excluding carboxylic acids is 6. The van der Waals surface area contributed by atoms with Gasteiger partial charge in [0.25, 0.3) is 5.91 Å². The molecule has 5 amide bonds. The maximum Gasteiger partial charge on any atom is 0.255 e. The quantitative estimate of drug-likeness (QED) is 0.0696. The van der Waals surface area contributed by atoms with E-state index in [-0.39, 0.29) is 79.7 Å². The van der Waals surface area contributed by atoms with Crippen LogP contribution in [0.2, 0.25) is 0 Å². The first-order valence-electron chi connectivity index (χ1n) is 22.6. The Bertz CT molecular complexity index is 2450. The second-order valence-corrected chi connectivity index (χ2v) is 17.2. The van der Waals surface area contributed by atoms with Crippen LogP contribution in [0.5, 0.6) is 5.75 Å². The summed E-state index contributed by atoms with van der Waals surface area (Å²) in [5.41, 5.74) is 4.56. The van der Waals surface area contributed by atoms with Crippen molar-refractivity contribution in [1.29, 1.82) is 0 Å². The van der Waals surface area contributed by atoms with Gasteiger partial charge in [0.05, 0.1) is 19.0 Å². The van der Waals surface area contributed by atoms with Gasteiger partial charge in [-0.05, 0) is 56.7 Å². The highest BCUT2D eigenvalue weighted by atomic mass is 35.5. The van der Waals surface area contributed by atoms with Crippen LogP contribution in [0.3, 0.4) is 0 Å². The number of piperidine rings is 1. The Morgan fingerprint density at radius 2 is 1.78 bits per heavy atom. The molecule has 18 heteroatoms. The SMILES string of the molecule is CC[C@@H]1C(=O)N(C)c2cnc(Cc3ccc(C(=O)CCc4cn(CCCCCCC(=O)Nc5cccc6c5CN(C5CCC(=O)NC5=O)C6=O)nn4)cc3OC)nc2N1C1CCCC1.Cl. The second kappa shape index (κ2) is 20.7. The molecule has 0 radical (unpaired) electrons. The Morgan fingerprint density at radius 1 is 0.985 bits per heavy atom. The minimum Gasteiger partial charge on any atom is -0.496 e. The number of fused-ring (bicyclic) bond motifs is 2. The third kappa shape index (κ3) is 10.2. The van der Waals surface area contributed by atoms with Gasteiger partial charge in [-0.15, -0.1) is 17.5 Å². The number of hydrogen-bond acceptors (Lipinski definition) is 12. The van der Waals surface area contributed by atoms with E-state index in [9.17, 15) is 28.8 Å². The summed E-state index contributed by atoms with van der Waals surface area (Å²) in [6.07, 6.45) is 13.9. The maximum absolute atomic E-state index is 13.3. The van der Waals surface area contributed by atoms with Crippen LogP contribution in [0.1, 0.15) is 134 Å². The Balaban J connectivity index is 0.00000630. The number of benzene rings is 2. The number of rotatable bonds is 18. The third-order valence-corrected chi connectivity index (χ3v) is 13.0. The normalized spacial score (nSPS) is 18.4. The van der Waals surface area contributed by atoms with Gasteiger partial charge in [-0.25, -0.2) is 9.97 Å². The van der Waals surface area contributed by atoms with Crippen molar-refractivity contribution in [3.05, 3.63) is 82.6 Å². The minimum atomic E-state index is -0.717. The van der Waals surface area contributed by atoms with Gasteiger partial charge in [-0.1, -0.05) is 56.0 Å². The van der Waals surface area contributed by atoms with Gasteiger partial charge in [-0.3, -0.25) is 38.8 Å². The number of imide groups is 1. The Hall–Kier alpha value is -6.23. The summed E-state index contributed by atoms with van der Waals surface area (Å²) in [6.45, 7) is 2.91. The van der Waals surface area contributed by atoms with E-state index in [1.807, 2.05) is 18.3 Å². The number of halogens is 1. The number of ether oxygens (including phenoxy) is 1. The lowest BCUT2D eigenvalue weighted by molar-refractivity contribution is -0.137. The Morgan fingerprint density at radius 3 is 2.55 bits per heavy atom. The van der Waals surface area contributed by atoms with E-state index in [0.717, 1.165) is 67.7 Å². The molecule has 1 unspecified atom stereocenters. The van der Waals surface area contributed by atoms with Gasteiger partial charge < -0.3 is 24.8 Å². The molecule has 65 heavy (non-hydrogen) atoms. The average Bonchev–Trinajstić information content (AvgIpc) is 4.07. The van der Waals surface area contributed by atoms with Crippen LogP contribution in [0.4, 0.5) is 17.2 Å². The number of unbranched alkanes of at least 4 members (excludes halogenated alkanes) is 3. The number of aryl methyl sites for hydroxylation is 2. The van der Waals surface area contributed by atoms with Gasteiger partial charge >= 0.3 is 0 Å². The first kappa shape index (κ1) is 46.8. The fourth-order valence-electron chi connectivity index (χ4n) is 9.51. The fourth-order valence-corrected chi connectivity index (χ4v) is 9.51. The highest BCUT2D eigenvalue weighted by molar-refractivity contribution is 6.07. The van der Waals surface area contributed by atoms with Gasteiger partial charge in [0.1, 0.15) is 29.3 Å². The first-order valence-corrected chi connectivity index (χ1v) is 22.6. The van der Waals surface area contributed by atoms with Crippen LogP contribution in [0.15, 0.2) is 48.8 Å². The highest BCUT2D eigenvalue weighted by Gasteiger charge is 2.42. The molecule has 1 aliphatic carbocycles. The van der Waals surface area contributed by atoms with E-state index < -0.39 is 11.9 Å². The predicted molar refractivity (Wildman–Crippen MR) is 244 cm³/mol. The highest BCUT2D eigenvalue weighted by Crippen LogP contribution is 2.40. The zero-order valence-electron chi connectivity index (χ0n) is 37.2. The second-order valence-electron chi connectivity index (χ2n) is 17.2. The number of aromatic nitrogens is 5. The number of hydrogen-bond donors (Lipinski definition) is 2. The van der Waals surface area contributed by atoms with Crippen LogP contribution >= 0.6 is 12.4 Å². The Labute approximate surface area is 384 Å². The van der Waals surface area contributed by atoms with Crippen LogP contribution in [0.25, 0.3) is 0 Å². The molecule has 1 saturated carbocycles. The van der Waals surface area contributed by atoms with Crippen molar-refractivity contribution in [1.82, 2.24) is 35.2 Å². The number of carbonyl (C=O) groups is 6. The van der Waals surface area contributed by atoms with Gasteiger partial charge in [0.2, 0.25) is 23.6 Å². The van der Waals surface area contributed by atoms with E-state index >= 15 is 0 Å². The smallest absolute Gasteiger partial charge is 0.255 e. The largest absolute Gasteiger partial charge is 0.496 e. The predicted octanol–water partition coefficient (Wildman–Crippen LogP) is 5.76. The van der Waals surface area contributed by atoms with Crippen molar-refractivity contribution in [2.24, 2.45) is 0 Å². The molecule has 2 atom stereocenters. The van der Waals surface area contributed by atoms with E-state index in [1.54, 1.807) is 54.2 Å². The summed E-state index contributed by atoms with van der Waals surface area (Å²) < 4.78 is 7.54. The average molecular weight is 909 g/mol. The van der Waals surface area contributed by atoms with E-state index in [4.69, 9.17) is 9.72 Å². The van der Waals surface area contributed by atoms with Crippen molar-refractivity contribution in [3.8, 4) is 5.75 Å². The maximum atomic E-state index is 13.3. The Kier molecular flexibility index (Phi) is 14.9. The van der Waals surface area contributed by atoms with Crippen LogP contribution in [0, 0.1) is 0 Å². The zero-order valence-corrected chi connectivity index (χ0v) is 38.0. The molecule has 4 aliphatic rings. The number of nitrogens with zero attached hydrogens (tertiary/aromatic N) is 8. The van der Waals surface area contributed by atoms with Crippen LogP contribution < -0.4 is 25.2 Å². The van der Waals surface area contributed by atoms with Gasteiger partial charge in [0.15, 0.2) is 11.6 Å².